The molecule has 174 valence electrons. The van der Waals surface area contributed by atoms with Crippen LogP contribution in [0.5, 0.6) is 0 Å². The molecule has 0 saturated heterocycles. The maximum absolute atomic E-state index is 12.4. The standard InChI is InChI=1S/C15H23N5O10S/c16-5(1-10(22)23)12(26)18-6(2-9(17)21)13(27)20-8(4-31)14(28)19-7(15(29)30)3-11(24)25/h5-8,31H,1-4,16H2,(H2,17,21)(H,18,26)(H,19,28)(H,20,27)(H,22,23)(H,24,25)(H,29,30). The van der Waals surface area contributed by atoms with E-state index in [1.54, 1.807) is 0 Å². The molecule has 31 heavy (non-hydrogen) atoms. The summed E-state index contributed by atoms with van der Waals surface area (Å²) in [6.45, 7) is 0. The number of carbonyl (C=O) groups is 7. The Morgan fingerprint density at radius 2 is 1.16 bits per heavy atom. The molecule has 0 aliphatic carbocycles. The van der Waals surface area contributed by atoms with Crippen LogP contribution in [0.3, 0.4) is 0 Å². The smallest absolute Gasteiger partial charge is 0.326 e. The van der Waals surface area contributed by atoms with Crippen LogP contribution in [0.2, 0.25) is 0 Å². The van der Waals surface area contributed by atoms with Gasteiger partial charge in [0.25, 0.3) is 0 Å². The van der Waals surface area contributed by atoms with Crippen molar-refractivity contribution < 1.29 is 48.9 Å². The molecule has 0 fully saturated rings. The van der Waals surface area contributed by atoms with Gasteiger partial charge in [0, 0.05) is 5.75 Å². The lowest BCUT2D eigenvalue weighted by molar-refractivity contribution is -0.147. The van der Waals surface area contributed by atoms with Gasteiger partial charge in [-0.15, -0.1) is 0 Å². The summed E-state index contributed by atoms with van der Waals surface area (Å²) in [6, 6.07) is -6.45. The topological polar surface area (TPSA) is 268 Å². The molecule has 10 N–H and O–H groups in total. The number of amides is 4. The summed E-state index contributed by atoms with van der Waals surface area (Å²) in [6.07, 6.45) is -2.43. The van der Waals surface area contributed by atoms with E-state index in [1.807, 2.05) is 10.6 Å². The van der Waals surface area contributed by atoms with Crippen LogP contribution in [0.25, 0.3) is 0 Å². The monoisotopic (exact) mass is 465 g/mol. The van der Waals surface area contributed by atoms with Crippen molar-refractivity contribution in [3.8, 4) is 0 Å². The molecule has 15 nitrogen and oxygen atoms in total. The van der Waals surface area contributed by atoms with Gasteiger partial charge in [0.15, 0.2) is 0 Å². The summed E-state index contributed by atoms with van der Waals surface area (Å²) in [4.78, 5) is 80.2. The van der Waals surface area contributed by atoms with E-state index < -0.39 is 85.0 Å². The normalized spacial score (nSPS) is 14.3. The molecule has 0 saturated carbocycles. The first-order valence-electron chi connectivity index (χ1n) is 8.50. The number of carboxylic acids is 3. The average Bonchev–Trinajstić information content (AvgIpc) is 2.63. The van der Waals surface area contributed by atoms with Gasteiger partial charge in [0.1, 0.15) is 18.1 Å². The minimum atomic E-state index is -1.79. The fourth-order valence-corrected chi connectivity index (χ4v) is 2.34. The number of aliphatic carboxylic acids is 3. The highest BCUT2D eigenvalue weighted by molar-refractivity contribution is 7.80. The minimum absolute atomic E-state index is 0.368. The quantitative estimate of drug-likeness (QED) is 0.110. The van der Waals surface area contributed by atoms with Crippen LogP contribution >= 0.6 is 12.6 Å². The van der Waals surface area contributed by atoms with Crippen molar-refractivity contribution in [2.45, 2.75) is 43.4 Å². The number of hydrogen-bond donors (Lipinski definition) is 9. The summed E-state index contributed by atoms with van der Waals surface area (Å²) >= 11 is 3.85. The van der Waals surface area contributed by atoms with E-state index >= 15 is 0 Å². The lowest BCUT2D eigenvalue weighted by Crippen LogP contribution is -2.58. The second-order valence-electron chi connectivity index (χ2n) is 6.18. The summed E-state index contributed by atoms with van der Waals surface area (Å²) in [7, 11) is 0. The lowest BCUT2D eigenvalue weighted by atomic mass is 10.1. The number of carbonyl (C=O) groups excluding carboxylic acids is 4. The van der Waals surface area contributed by atoms with Gasteiger partial charge < -0.3 is 42.7 Å². The number of thiol groups is 1. The Labute approximate surface area is 180 Å². The average molecular weight is 465 g/mol. The summed E-state index contributed by atoms with van der Waals surface area (Å²) < 4.78 is 0. The van der Waals surface area contributed by atoms with Gasteiger partial charge in [-0.25, -0.2) is 4.79 Å². The van der Waals surface area contributed by atoms with Crippen molar-refractivity contribution in [2.75, 3.05) is 5.75 Å². The highest BCUT2D eigenvalue weighted by Gasteiger charge is 2.31. The molecule has 0 bridgehead atoms. The molecule has 0 aromatic heterocycles. The third kappa shape index (κ3) is 10.8. The van der Waals surface area contributed by atoms with Crippen molar-refractivity contribution in [1.29, 1.82) is 0 Å². The zero-order valence-electron chi connectivity index (χ0n) is 15.9. The van der Waals surface area contributed by atoms with Crippen LogP contribution in [0.15, 0.2) is 0 Å². The van der Waals surface area contributed by atoms with E-state index in [2.05, 4.69) is 17.9 Å². The Morgan fingerprint density at radius 1 is 0.710 bits per heavy atom. The van der Waals surface area contributed by atoms with Gasteiger partial charge in [-0.2, -0.15) is 12.6 Å². The number of nitrogens with one attached hydrogen (secondary N) is 3. The summed E-state index contributed by atoms with van der Waals surface area (Å²) in [5, 5.41) is 32.4. The van der Waals surface area contributed by atoms with Crippen molar-refractivity contribution in [2.24, 2.45) is 11.5 Å². The summed E-state index contributed by atoms with van der Waals surface area (Å²) in [5.74, 6) is -9.19. The van der Waals surface area contributed by atoms with Crippen molar-refractivity contribution >= 4 is 54.2 Å². The molecule has 16 heteroatoms. The zero-order chi connectivity index (χ0) is 24.3. The zero-order valence-corrected chi connectivity index (χ0v) is 16.8. The molecular formula is C15H23N5O10S. The molecule has 0 aliphatic rings. The second kappa shape index (κ2) is 13.0. The third-order valence-corrected chi connectivity index (χ3v) is 3.94. The molecule has 0 radical (unpaired) electrons. The third-order valence-electron chi connectivity index (χ3n) is 3.58. The number of rotatable bonds is 14. The van der Waals surface area contributed by atoms with E-state index in [4.69, 9.17) is 26.8 Å². The first-order valence-corrected chi connectivity index (χ1v) is 9.13. The van der Waals surface area contributed by atoms with Crippen LogP contribution in [-0.4, -0.2) is 86.8 Å². The van der Waals surface area contributed by atoms with E-state index in [0.29, 0.717) is 0 Å². The van der Waals surface area contributed by atoms with E-state index in [9.17, 15) is 33.6 Å². The molecule has 0 aromatic rings. The van der Waals surface area contributed by atoms with Gasteiger partial charge >= 0.3 is 17.9 Å². The van der Waals surface area contributed by atoms with Gasteiger partial charge in [-0.3, -0.25) is 28.8 Å². The van der Waals surface area contributed by atoms with Crippen LogP contribution < -0.4 is 27.4 Å². The molecule has 4 atom stereocenters. The Balaban J connectivity index is 5.29. The predicted molar refractivity (Wildman–Crippen MR) is 104 cm³/mol. The number of primary amides is 1. The molecule has 0 rings (SSSR count). The Bertz CT molecular complexity index is 746. The van der Waals surface area contributed by atoms with E-state index in [1.165, 1.54) is 0 Å². The van der Waals surface area contributed by atoms with Crippen LogP contribution in [0.4, 0.5) is 0 Å². The first kappa shape index (κ1) is 27.6. The van der Waals surface area contributed by atoms with Gasteiger partial charge in [0.2, 0.25) is 23.6 Å². The highest BCUT2D eigenvalue weighted by atomic mass is 32.1. The Kier molecular flexibility index (Phi) is 11.6. The Hall–Kier alpha value is -3.40. The molecule has 0 aromatic carbocycles. The number of carboxylic acid groups (broad SMARTS) is 3. The fourth-order valence-electron chi connectivity index (χ4n) is 2.08. The fraction of sp³-hybridized carbons (Fsp3) is 0.533. The maximum atomic E-state index is 12.4. The molecular weight excluding hydrogens is 442 g/mol. The highest BCUT2D eigenvalue weighted by Crippen LogP contribution is 2.00. The van der Waals surface area contributed by atoms with Gasteiger partial charge in [-0.05, 0) is 0 Å². The molecule has 0 heterocycles. The molecule has 4 unspecified atom stereocenters. The van der Waals surface area contributed by atoms with E-state index in [0.717, 1.165) is 0 Å². The molecule has 0 spiro atoms. The van der Waals surface area contributed by atoms with Crippen LogP contribution in [-0.2, 0) is 33.6 Å². The lowest BCUT2D eigenvalue weighted by Gasteiger charge is -2.23. The van der Waals surface area contributed by atoms with Crippen LogP contribution in [0.1, 0.15) is 19.3 Å². The van der Waals surface area contributed by atoms with E-state index in [-0.39, 0.29) is 5.75 Å². The molecule has 0 aliphatic heterocycles. The Morgan fingerprint density at radius 3 is 1.58 bits per heavy atom. The van der Waals surface area contributed by atoms with Gasteiger partial charge in [0.05, 0.1) is 25.3 Å². The predicted octanol–water partition coefficient (Wildman–Crippen LogP) is -4.39. The maximum Gasteiger partial charge on any atom is 0.326 e. The second-order valence-corrected chi connectivity index (χ2v) is 6.54. The molecule has 4 amide bonds. The van der Waals surface area contributed by atoms with Gasteiger partial charge in [-0.1, -0.05) is 0 Å². The largest absolute Gasteiger partial charge is 0.481 e. The summed E-state index contributed by atoms with van der Waals surface area (Å²) in [5.41, 5.74) is 10.4. The van der Waals surface area contributed by atoms with Crippen molar-refractivity contribution in [3.05, 3.63) is 0 Å². The van der Waals surface area contributed by atoms with Crippen molar-refractivity contribution in [1.82, 2.24) is 16.0 Å². The van der Waals surface area contributed by atoms with Crippen LogP contribution in [0, 0.1) is 0 Å². The first-order chi connectivity index (χ1) is 14.3. The SMILES string of the molecule is NC(=O)CC(NC(=O)C(N)CC(=O)O)C(=O)NC(CS)C(=O)NC(CC(=O)O)C(=O)O. The van der Waals surface area contributed by atoms with Crippen molar-refractivity contribution in [3.63, 3.8) is 0 Å². The number of nitrogens with two attached hydrogens (primary N) is 2. The number of hydrogen-bond acceptors (Lipinski definition) is 9. The minimum Gasteiger partial charge on any atom is -0.481 e.